The lowest BCUT2D eigenvalue weighted by atomic mass is 10.1. The van der Waals surface area contributed by atoms with Gasteiger partial charge in [-0.25, -0.2) is 0 Å². The fourth-order valence-corrected chi connectivity index (χ4v) is 3.48. The number of hydrogen-bond acceptors (Lipinski definition) is 4. The minimum absolute atomic E-state index is 0.832. The lowest BCUT2D eigenvalue weighted by molar-refractivity contribution is 1.32. The zero-order valence-corrected chi connectivity index (χ0v) is 15.1. The van der Waals surface area contributed by atoms with Crippen LogP contribution in [0.2, 0.25) is 0 Å². The van der Waals surface area contributed by atoms with E-state index >= 15 is 0 Å². The molecule has 0 saturated heterocycles. The van der Waals surface area contributed by atoms with Crippen LogP contribution in [0.15, 0.2) is 107 Å². The molecule has 4 aromatic carbocycles. The molecule has 0 heterocycles. The number of benzene rings is 4. The van der Waals surface area contributed by atoms with Gasteiger partial charge in [0.05, 0.1) is 11.4 Å². The van der Waals surface area contributed by atoms with E-state index in [-0.39, 0.29) is 0 Å². The summed E-state index contributed by atoms with van der Waals surface area (Å²) >= 11 is 0. The number of rotatable bonds is 4. The monoisotopic (exact) mass is 362 g/mol. The first-order valence-electron chi connectivity index (χ1n) is 9.20. The van der Waals surface area contributed by atoms with Gasteiger partial charge >= 0.3 is 0 Å². The summed E-state index contributed by atoms with van der Waals surface area (Å²) in [6, 6.07) is 32.5. The molecule has 4 heteroatoms. The van der Waals surface area contributed by atoms with Gasteiger partial charge < -0.3 is 0 Å². The van der Waals surface area contributed by atoms with E-state index in [0.717, 1.165) is 33.9 Å². The predicted octanol–water partition coefficient (Wildman–Crippen LogP) is 5.49. The maximum Gasteiger partial charge on any atom is 0.119 e. The van der Waals surface area contributed by atoms with Crippen molar-refractivity contribution >= 4 is 33.6 Å². The lowest BCUT2D eigenvalue weighted by Gasteiger charge is -2.06. The van der Waals surface area contributed by atoms with E-state index in [2.05, 4.69) is 47.2 Å². The Hall–Kier alpha value is -3.92. The summed E-state index contributed by atoms with van der Waals surface area (Å²) < 4.78 is 0. The maximum absolute atomic E-state index is 4.72. The summed E-state index contributed by atoms with van der Waals surface area (Å²) in [7, 11) is 0. The number of hydrazone groups is 2. The molecule has 134 valence electrons. The smallest absolute Gasteiger partial charge is 0.119 e. The van der Waals surface area contributed by atoms with Crippen LogP contribution in [0.25, 0.3) is 10.8 Å². The van der Waals surface area contributed by atoms with Crippen LogP contribution in [0.3, 0.4) is 0 Å². The molecule has 0 spiro atoms. The Kier molecular flexibility index (Phi) is 4.07. The van der Waals surface area contributed by atoms with E-state index < -0.39 is 0 Å². The number of nitrogens with one attached hydrogen (secondary N) is 2. The first kappa shape index (κ1) is 16.3. The van der Waals surface area contributed by atoms with Crippen molar-refractivity contribution in [2.45, 2.75) is 0 Å². The summed E-state index contributed by atoms with van der Waals surface area (Å²) in [5.41, 5.74) is 12.1. The molecule has 0 unspecified atom stereocenters. The zero-order valence-electron chi connectivity index (χ0n) is 15.1. The Balaban J connectivity index is 1.61. The van der Waals surface area contributed by atoms with Crippen LogP contribution in [0, 0.1) is 0 Å². The Morgan fingerprint density at radius 2 is 0.929 bits per heavy atom. The van der Waals surface area contributed by atoms with Gasteiger partial charge in [0, 0.05) is 16.5 Å². The van der Waals surface area contributed by atoms with Gasteiger partial charge in [0.15, 0.2) is 0 Å². The van der Waals surface area contributed by atoms with E-state index in [1.54, 1.807) is 0 Å². The van der Waals surface area contributed by atoms with Crippen molar-refractivity contribution in [3.8, 4) is 0 Å². The highest BCUT2D eigenvalue weighted by Gasteiger charge is 2.27. The van der Waals surface area contributed by atoms with E-state index in [4.69, 9.17) is 10.2 Å². The third-order valence-electron chi connectivity index (χ3n) is 4.78. The molecular weight excluding hydrogens is 344 g/mol. The van der Waals surface area contributed by atoms with Crippen LogP contribution in [0.5, 0.6) is 0 Å². The Morgan fingerprint density at radius 3 is 1.39 bits per heavy atom. The molecule has 0 aromatic heterocycles. The van der Waals surface area contributed by atoms with Crippen LogP contribution in [0.4, 0.5) is 11.4 Å². The Morgan fingerprint density at radius 1 is 0.464 bits per heavy atom. The molecule has 0 aliphatic heterocycles. The number of para-hydroxylation sites is 2. The average molecular weight is 362 g/mol. The molecule has 1 aliphatic carbocycles. The third kappa shape index (κ3) is 2.91. The lowest BCUT2D eigenvalue weighted by Crippen LogP contribution is -2.14. The summed E-state index contributed by atoms with van der Waals surface area (Å²) in [6.07, 6.45) is 0. The topological polar surface area (TPSA) is 48.8 Å². The fourth-order valence-electron chi connectivity index (χ4n) is 3.48. The van der Waals surface area contributed by atoms with Crippen molar-refractivity contribution in [2.75, 3.05) is 10.9 Å². The quantitative estimate of drug-likeness (QED) is 0.472. The molecule has 0 radical (unpaired) electrons. The van der Waals surface area contributed by atoms with E-state index in [0.29, 0.717) is 0 Å². The summed E-state index contributed by atoms with van der Waals surface area (Å²) in [5.74, 6) is 0. The molecule has 4 nitrogen and oxygen atoms in total. The summed E-state index contributed by atoms with van der Waals surface area (Å²) in [5, 5.41) is 11.8. The van der Waals surface area contributed by atoms with Gasteiger partial charge in [-0.1, -0.05) is 72.8 Å². The van der Waals surface area contributed by atoms with E-state index in [9.17, 15) is 0 Å². The van der Waals surface area contributed by atoms with Gasteiger partial charge in [0.2, 0.25) is 0 Å². The van der Waals surface area contributed by atoms with Crippen LogP contribution in [0.1, 0.15) is 11.1 Å². The Labute approximate surface area is 163 Å². The largest absolute Gasteiger partial charge is 0.278 e. The van der Waals surface area contributed by atoms with Crippen LogP contribution in [-0.2, 0) is 0 Å². The highest BCUT2D eigenvalue weighted by atomic mass is 15.3. The van der Waals surface area contributed by atoms with Gasteiger partial charge in [0.25, 0.3) is 0 Å². The van der Waals surface area contributed by atoms with Crippen molar-refractivity contribution in [1.82, 2.24) is 0 Å². The molecule has 0 bridgehead atoms. The zero-order chi connectivity index (χ0) is 18.8. The van der Waals surface area contributed by atoms with Gasteiger partial charge in [-0.15, -0.1) is 0 Å². The highest BCUT2D eigenvalue weighted by Crippen LogP contribution is 2.31. The van der Waals surface area contributed by atoms with Crippen LogP contribution < -0.4 is 10.9 Å². The first-order chi connectivity index (χ1) is 13.9. The van der Waals surface area contributed by atoms with Gasteiger partial charge in [-0.05, 0) is 29.7 Å². The molecule has 0 amide bonds. The van der Waals surface area contributed by atoms with Crippen molar-refractivity contribution in [2.24, 2.45) is 10.2 Å². The third-order valence-corrected chi connectivity index (χ3v) is 4.78. The fraction of sp³-hybridized carbons (Fsp3) is 0. The Bertz CT molecular complexity index is 1100. The molecule has 4 aromatic rings. The van der Waals surface area contributed by atoms with Gasteiger partial charge in [-0.3, -0.25) is 10.9 Å². The highest BCUT2D eigenvalue weighted by molar-refractivity contribution is 6.61. The van der Waals surface area contributed by atoms with Crippen molar-refractivity contribution in [3.05, 3.63) is 108 Å². The molecule has 5 rings (SSSR count). The normalized spacial score (nSPS) is 15.3. The minimum Gasteiger partial charge on any atom is -0.278 e. The van der Waals surface area contributed by atoms with Crippen molar-refractivity contribution in [1.29, 1.82) is 0 Å². The van der Waals surface area contributed by atoms with E-state index in [1.807, 2.05) is 60.7 Å². The molecule has 0 atom stereocenters. The van der Waals surface area contributed by atoms with Crippen molar-refractivity contribution in [3.63, 3.8) is 0 Å². The van der Waals surface area contributed by atoms with Crippen LogP contribution >= 0.6 is 0 Å². The summed E-state index contributed by atoms with van der Waals surface area (Å²) in [4.78, 5) is 0. The second kappa shape index (κ2) is 7.00. The minimum atomic E-state index is 0.832. The van der Waals surface area contributed by atoms with Crippen LogP contribution in [-0.4, -0.2) is 11.4 Å². The van der Waals surface area contributed by atoms with Gasteiger partial charge in [0.1, 0.15) is 11.4 Å². The van der Waals surface area contributed by atoms with Crippen molar-refractivity contribution < 1.29 is 0 Å². The second-order valence-corrected chi connectivity index (χ2v) is 6.59. The number of anilines is 2. The molecule has 0 saturated carbocycles. The first-order valence-corrected chi connectivity index (χ1v) is 9.20. The maximum atomic E-state index is 4.72. The molecule has 28 heavy (non-hydrogen) atoms. The summed E-state index contributed by atoms with van der Waals surface area (Å²) in [6.45, 7) is 0. The van der Waals surface area contributed by atoms with Gasteiger partial charge in [-0.2, -0.15) is 10.2 Å². The second-order valence-electron chi connectivity index (χ2n) is 6.59. The predicted molar refractivity (Wildman–Crippen MR) is 117 cm³/mol. The average Bonchev–Trinajstić information content (AvgIpc) is 3.07. The standard InChI is InChI=1S/C24H18N4/c1-3-11-18(12-4-1)25-27-23-20-15-7-9-17-10-8-16-21(22(17)20)24(23)28-26-19-13-5-2-6-14-19/h1-16,25-26H/b27-23+,28-24?. The molecule has 1 aliphatic rings. The molecule has 0 fully saturated rings. The number of nitrogens with zero attached hydrogens (tertiary/aromatic N) is 2. The number of hydrogen-bond donors (Lipinski definition) is 2. The van der Waals surface area contributed by atoms with E-state index in [1.165, 1.54) is 10.8 Å². The molecule has 2 N–H and O–H groups in total. The SMILES string of the molecule is c1ccc(NN=C2/C(=N/Nc3ccccc3)c3cccc4cccc2c34)cc1. The molecular formula is C24H18N4.